The fourth-order valence-electron chi connectivity index (χ4n) is 2.28. The van der Waals surface area contributed by atoms with Crippen molar-refractivity contribution in [2.45, 2.75) is 32.4 Å². The summed E-state index contributed by atoms with van der Waals surface area (Å²) in [4.78, 5) is 4.48. The lowest BCUT2D eigenvalue weighted by atomic mass is 10.3. The number of hydrogen-bond acceptors (Lipinski definition) is 4. The number of aromatic nitrogens is 2. The Morgan fingerprint density at radius 3 is 3.00 bits per heavy atom. The maximum absolute atomic E-state index is 11.5. The predicted octanol–water partition coefficient (Wildman–Crippen LogP) is 0.0154. The minimum atomic E-state index is -2.87. The largest absolute Gasteiger partial charge is 0.357 e. The van der Waals surface area contributed by atoms with Gasteiger partial charge in [0.05, 0.1) is 11.5 Å². The molecule has 1 aromatic heterocycles. The van der Waals surface area contributed by atoms with Crippen molar-refractivity contribution in [2.24, 2.45) is 4.99 Å². The summed E-state index contributed by atoms with van der Waals surface area (Å²) in [6, 6.07) is 1.87. The Balaban J connectivity index is 1.79. The molecule has 0 spiro atoms. The van der Waals surface area contributed by atoms with Crippen molar-refractivity contribution in [2.75, 3.05) is 24.6 Å². The molecule has 1 unspecified atom stereocenters. The van der Waals surface area contributed by atoms with Crippen molar-refractivity contribution in [3.63, 3.8) is 0 Å². The lowest BCUT2D eigenvalue weighted by Crippen LogP contribution is -2.44. The maximum atomic E-state index is 11.5. The van der Waals surface area contributed by atoms with Crippen molar-refractivity contribution in [3.05, 3.63) is 18.5 Å². The Morgan fingerprint density at radius 2 is 2.38 bits per heavy atom. The Hall–Kier alpha value is -1.57. The van der Waals surface area contributed by atoms with E-state index in [1.54, 1.807) is 6.20 Å². The number of guanidine groups is 1. The van der Waals surface area contributed by atoms with E-state index in [-0.39, 0.29) is 17.5 Å². The first-order chi connectivity index (χ1) is 10.1. The number of nitrogens with one attached hydrogen (secondary N) is 2. The smallest absolute Gasteiger partial charge is 0.191 e. The second-order valence-corrected chi connectivity index (χ2v) is 7.36. The van der Waals surface area contributed by atoms with E-state index in [4.69, 9.17) is 0 Å². The Labute approximate surface area is 125 Å². The van der Waals surface area contributed by atoms with E-state index in [0.29, 0.717) is 18.9 Å². The zero-order valence-electron chi connectivity index (χ0n) is 12.3. The molecule has 1 fully saturated rings. The summed E-state index contributed by atoms with van der Waals surface area (Å²) in [5.41, 5.74) is 0. The third-order valence-corrected chi connectivity index (χ3v) is 5.06. The van der Waals surface area contributed by atoms with E-state index in [1.165, 1.54) is 0 Å². The van der Waals surface area contributed by atoms with Gasteiger partial charge in [0.15, 0.2) is 15.8 Å². The number of aliphatic imine (C=N–C) groups is 1. The van der Waals surface area contributed by atoms with Gasteiger partial charge in [-0.3, -0.25) is 9.67 Å². The molecule has 0 bridgehead atoms. The van der Waals surface area contributed by atoms with Gasteiger partial charge in [0.1, 0.15) is 0 Å². The van der Waals surface area contributed by atoms with Gasteiger partial charge in [-0.05, 0) is 25.8 Å². The number of sulfone groups is 1. The van der Waals surface area contributed by atoms with Gasteiger partial charge in [-0.1, -0.05) is 0 Å². The molecule has 1 aliphatic rings. The highest BCUT2D eigenvalue weighted by Crippen LogP contribution is 2.10. The van der Waals surface area contributed by atoms with Crippen molar-refractivity contribution in [1.29, 1.82) is 0 Å². The van der Waals surface area contributed by atoms with Crippen LogP contribution in [0.3, 0.4) is 0 Å². The molecular weight excluding hydrogens is 290 g/mol. The van der Waals surface area contributed by atoms with Crippen molar-refractivity contribution in [3.8, 4) is 0 Å². The van der Waals surface area contributed by atoms with E-state index >= 15 is 0 Å². The van der Waals surface area contributed by atoms with Crippen LogP contribution in [0.25, 0.3) is 0 Å². The van der Waals surface area contributed by atoms with E-state index in [0.717, 1.165) is 19.5 Å². The van der Waals surface area contributed by atoms with Crippen LogP contribution >= 0.6 is 0 Å². The lowest BCUT2D eigenvalue weighted by molar-refractivity contribution is 0.581. The van der Waals surface area contributed by atoms with Crippen LogP contribution in [0, 0.1) is 0 Å². The van der Waals surface area contributed by atoms with Crippen LogP contribution in [0.5, 0.6) is 0 Å². The van der Waals surface area contributed by atoms with Crippen LogP contribution in [-0.4, -0.2) is 54.8 Å². The highest BCUT2D eigenvalue weighted by atomic mass is 32.2. The van der Waals surface area contributed by atoms with Gasteiger partial charge < -0.3 is 10.6 Å². The average molecular weight is 313 g/mol. The van der Waals surface area contributed by atoms with Gasteiger partial charge in [0.25, 0.3) is 0 Å². The Kier molecular flexibility index (Phi) is 5.60. The molecule has 1 saturated heterocycles. The Bertz CT molecular complexity index is 553. The van der Waals surface area contributed by atoms with Crippen molar-refractivity contribution >= 4 is 15.8 Å². The number of nitrogens with zero attached hydrogens (tertiary/aromatic N) is 3. The van der Waals surface area contributed by atoms with E-state index in [1.807, 2.05) is 23.9 Å². The van der Waals surface area contributed by atoms with Crippen LogP contribution in [0.4, 0.5) is 0 Å². The van der Waals surface area contributed by atoms with Gasteiger partial charge in [-0.25, -0.2) is 8.42 Å². The third-order valence-electron chi connectivity index (χ3n) is 3.29. The molecule has 1 aliphatic heterocycles. The van der Waals surface area contributed by atoms with Crippen LogP contribution in [0.15, 0.2) is 23.5 Å². The minimum Gasteiger partial charge on any atom is -0.357 e. The highest BCUT2D eigenvalue weighted by Gasteiger charge is 2.28. The van der Waals surface area contributed by atoms with Crippen molar-refractivity contribution < 1.29 is 8.42 Å². The predicted molar refractivity (Wildman–Crippen MR) is 83.0 cm³/mol. The van der Waals surface area contributed by atoms with E-state index in [9.17, 15) is 8.42 Å². The van der Waals surface area contributed by atoms with Crippen LogP contribution in [-0.2, 0) is 16.4 Å². The number of aryl methyl sites for hydroxylation is 1. The first-order valence-corrected chi connectivity index (χ1v) is 9.14. The summed E-state index contributed by atoms with van der Waals surface area (Å²) in [6.07, 6.45) is 5.23. The third kappa shape index (κ3) is 5.37. The van der Waals surface area contributed by atoms with Gasteiger partial charge >= 0.3 is 0 Å². The van der Waals surface area contributed by atoms with Crippen LogP contribution in [0.1, 0.15) is 19.8 Å². The lowest BCUT2D eigenvalue weighted by Gasteiger charge is -2.15. The first-order valence-electron chi connectivity index (χ1n) is 7.32. The zero-order valence-corrected chi connectivity index (χ0v) is 13.1. The molecule has 118 valence electrons. The fraction of sp³-hybridized carbons (Fsp3) is 0.692. The molecule has 2 rings (SSSR count). The molecule has 2 N–H and O–H groups in total. The van der Waals surface area contributed by atoms with Gasteiger partial charge in [-0.15, -0.1) is 0 Å². The Morgan fingerprint density at radius 1 is 1.52 bits per heavy atom. The maximum Gasteiger partial charge on any atom is 0.191 e. The second-order valence-electron chi connectivity index (χ2n) is 5.13. The highest BCUT2D eigenvalue weighted by molar-refractivity contribution is 7.91. The number of hydrogen-bond donors (Lipinski definition) is 2. The summed E-state index contributed by atoms with van der Waals surface area (Å²) in [5, 5.41) is 10.5. The summed E-state index contributed by atoms with van der Waals surface area (Å²) in [7, 11) is -2.87. The molecule has 0 aliphatic carbocycles. The molecule has 0 saturated carbocycles. The van der Waals surface area contributed by atoms with Crippen LogP contribution < -0.4 is 10.6 Å². The normalized spacial score (nSPS) is 21.4. The minimum absolute atomic E-state index is 0.0288. The van der Waals surface area contributed by atoms with Crippen molar-refractivity contribution in [1.82, 2.24) is 20.4 Å². The molecule has 0 radical (unpaired) electrons. The quantitative estimate of drug-likeness (QED) is 0.439. The molecule has 0 aromatic carbocycles. The summed E-state index contributed by atoms with van der Waals surface area (Å²) in [5.74, 6) is 1.16. The fourth-order valence-corrected chi connectivity index (χ4v) is 3.95. The second kappa shape index (κ2) is 7.44. The molecular formula is C13H23N5O2S. The van der Waals surface area contributed by atoms with Gasteiger partial charge in [-0.2, -0.15) is 5.10 Å². The standard InChI is InChI=1S/C13H23N5O2S/c1-2-14-13(17-12-5-10-21(19,20)11-12)15-6-3-8-18-9-4-7-16-18/h4,7,9,12H,2-3,5-6,8,10-11H2,1H3,(H2,14,15,17). The summed E-state index contributed by atoms with van der Waals surface area (Å²) >= 11 is 0. The monoisotopic (exact) mass is 313 g/mol. The van der Waals surface area contributed by atoms with Gasteiger partial charge in [0.2, 0.25) is 0 Å². The topological polar surface area (TPSA) is 88.4 Å². The molecule has 2 heterocycles. The summed E-state index contributed by atoms with van der Waals surface area (Å²) < 4.78 is 24.8. The van der Waals surface area contributed by atoms with E-state index in [2.05, 4.69) is 20.7 Å². The summed E-state index contributed by atoms with van der Waals surface area (Å²) in [6.45, 7) is 4.25. The SMILES string of the molecule is CCNC(=NCCCn1cccn1)NC1CCS(=O)(=O)C1. The molecule has 0 amide bonds. The zero-order chi connectivity index (χ0) is 15.1. The van der Waals surface area contributed by atoms with Crippen LogP contribution in [0.2, 0.25) is 0 Å². The molecule has 7 nitrogen and oxygen atoms in total. The number of rotatable bonds is 6. The molecule has 21 heavy (non-hydrogen) atoms. The average Bonchev–Trinajstić information content (AvgIpc) is 3.04. The molecule has 1 aromatic rings. The van der Waals surface area contributed by atoms with E-state index < -0.39 is 9.84 Å². The molecule has 1 atom stereocenters. The first kappa shape index (κ1) is 15.8. The molecule has 8 heteroatoms. The van der Waals surface area contributed by atoms with Gasteiger partial charge in [0, 0.05) is 38.1 Å².